The van der Waals surface area contributed by atoms with Crippen molar-refractivity contribution in [1.82, 2.24) is 0 Å². The van der Waals surface area contributed by atoms with Gasteiger partial charge in [0.15, 0.2) is 0 Å². The molecule has 4 nitrogen and oxygen atoms in total. The fourth-order valence-electron chi connectivity index (χ4n) is 2.08. The molecule has 0 heterocycles. The van der Waals surface area contributed by atoms with Gasteiger partial charge in [-0.15, -0.1) is 0 Å². The zero-order valence-electron chi connectivity index (χ0n) is 11.3. The highest BCUT2D eigenvalue weighted by atomic mass is 16.5. The largest absolute Gasteiger partial charge is 0.496 e. The van der Waals surface area contributed by atoms with Crippen molar-refractivity contribution in [3.63, 3.8) is 0 Å². The van der Waals surface area contributed by atoms with E-state index in [1.54, 1.807) is 7.11 Å². The Kier molecular flexibility index (Phi) is 5.47. The van der Waals surface area contributed by atoms with Crippen LogP contribution in [0.3, 0.4) is 0 Å². The lowest BCUT2D eigenvalue weighted by molar-refractivity contribution is 0.407. The summed E-state index contributed by atoms with van der Waals surface area (Å²) in [5.41, 5.74) is 8.10. The zero-order valence-corrected chi connectivity index (χ0v) is 11.3. The molecule has 0 spiro atoms. The molecule has 0 aliphatic carbocycles. The fraction of sp³-hybridized carbons (Fsp3) is 0.500. The van der Waals surface area contributed by atoms with Gasteiger partial charge in [0.25, 0.3) is 0 Å². The molecular weight excluding hydrogens is 226 g/mol. The predicted molar refractivity (Wildman–Crippen MR) is 73.7 cm³/mol. The Hall–Kier alpha value is -1.73. The number of hydrogen-bond acceptors (Lipinski definition) is 4. The van der Waals surface area contributed by atoms with Crippen molar-refractivity contribution in [1.29, 1.82) is 5.26 Å². The van der Waals surface area contributed by atoms with Crippen LogP contribution in [0.1, 0.15) is 31.9 Å². The summed E-state index contributed by atoms with van der Waals surface area (Å²) in [6.45, 7) is 5.57. The first kappa shape index (κ1) is 14.3. The van der Waals surface area contributed by atoms with E-state index in [0.29, 0.717) is 13.0 Å². The van der Waals surface area contributed by atoms with Crippen LogP contribution in [0.2, 0.25) is 0 Å². The molecular formula is C14H21N3O. The average molecular weight is 247 g/mol. The number of hydrogen-bond donors (Lipinski definition) is 1. The molecule has 0 aliphatic heterocycles. The second kappa shape index (κ2) is 6.87. The summed E-state index contributed by atoms with van der Waals surface area (Å²) < 4.78 is 5.37. The van der Waals surface area contributed by atoms with Crippen LogP contribution < -0.4 is 15.4 Å². The number of methoxy groups -OCH3 is 1. The molecule has 0 fully saturated rings. The molecule has 1 aromatic carbocycles. The lowest BCUT2D eigenvalue weighted by atomic mass is 10.0. The number of nitriles is 1. The first-order chi connectivity index (χ1) is 8.65. The van der Waals surface area contributed by atoms with Gasteiger partial charge in [-0.05, 0) is 26.0 Å². The summed E-state index contributed by atoms with van der Waals surface area (Å²) in [5, 5.41) is 8.71. The molecule has 98 valence electrons. The average Bonchev–Trinajstić information content (AvgIpc) is 2.38. The van der Waals surface area contributed by atoms with Crippen molar-refractivity contribution in [2.24, 2.45) is 5.73 Å². The van der Waals surface area contributed by atoms with Gasteiger partial charge in [0.2, 0.25) is 0 Å². The third kappa shape index (κ3) is 3.14. The Balaban J connectivity index is 3.17. The highest BCUT2D eigenvalue weighted by molar-refractivity contribution is 5.60. The van der Waals surface area contributed by atoms with Crippen molar-refractivity contribution < 1.29 is 4.74 Å². The molecule has 0 radical (unpaired) electrons. The third-order valence-corrected chi connectivity index (χ3v) is 2.93. The summed E-state index contributed by atoms with van der Waals surface area (Å²) in [6.07, 6.45) is 0.503. The molecule has 0 amide bonds. The topological polar surface area (TPSA) is 62.3 Å². The van der Waals surface area contributed by atoms with Crippen LogP contribution in [0.15, 0.2) is 18.2 Å². The summed E-state index contributed by atoms with van der Waals surface area (Å²) in [7, 11) is 1.65. The Bertz CT molecular complexity index is 424. The van der Waals surface area contributed by atoms with Gasteiger partial charge < -0.3 is 15.4 Å². The molecule has 0 aromatic heterocycles. The van der Waals surface area contributed by atoms with Crippen LogP contribution in [0, 0.1) is 11.3 Å². The van der Waals surface area contributed by atoms with Gasteiger partial charge >= 0.3 is 0 Å². The fourth-order valence-corrected chi connectivity index (χ4v) is 2.08. The first-order valence-corrected chi connectivity index (χ1v) is 6.20. The van der Waals surface area contributed by atoms with Crippen molar-refractivity contribution in [3.8, 4) is 11.8 Å². The molecule has 1 aromatic rings. The molecule has 0 unspecified atom stereocenters. The number of nitrogens with two attached hydrogens (primary N) is 1. The van der Waals surface area contributed by atoms with Crippen LogP contribution in [-0.4, -0.2) is 20.2 Å². The van der Waals surface area contributed by atoms with E-state index in [9.17, 15) is 0 Å². The molecule has 18 heavy (non-hydrogen) atoms. The Morgan fingerprint density at radius 3 is 2.72 bits per heavy atom. The van der Waals surface area contributed by atoms with E-state index in [1.165, 1.54) is 0 Å². The maximum Gasteiger partial charge on any atom is 0.125 e. The van der Waals surface area contributed by atoms with Gasteiger partial charge in [-0.2, -0.15) is 5.26 Å². The van der Waals surface area contributed by atoms with Crippen LogP contribution >= 0.6 is 0 Å². The highest BCUT2D eigenvalue weighted by Gasteiger charge is 2.16. The summed E-state index contributed by atoms with van der Waals surface area (Å²) in [4.78, 5) is 2.16. The van der Waals surface area contributed by atoms with E-state index in [2.05, 4.69) is 17.9 Å². The van der Waals surface area contributed by atoms with Gasteiger partial charge in [0.1, 0.15) is 5.75 Å². The number of anilines is 1. The second-order valence-corrected chi connectivity index (χ2v) is 4.17. The van der Waals surface area contributed by atoms with Crippen LogP contribution in [0.4, 0.5) is 5.69 Å². The standard InChI is InChI=1S/C14H21N3O/c1-4-17(10-6-9-15)12-7-5-8-13(18-3)14(12)11(2)16/h5,7-8,11H,4,6,10,16H2,1-3H3/t11-/m1/s1. The minimum absolute atomic E-state index is 0.104. The predicted octanol–water partition coefficient (Wildman–Crippen LogP) is 2.45. The molecule has 1 rings (SSSR count). The Morgan fingerprint density at radius 1 is 1.50 bits per heavy atom. The van der Waals surface area contributed by atoms with E-state index in [1.807, 2.05) is 25.1 Å². The molecule has 4 heteroatoms. The third-order valence-electron chi connectivity index (χ3n) is 2.93. The van der Waals surface area contributed by atoms with E-state index in [-0.39, 0.29) is 6.04 Å². The maximum atomic E-state index is 8.71. The molecule has 1 atom stereocenters. The minimum Gasteiger partial charge on any atom is -0.496 e. The minimum atomic E-state index is -0.104. The van der Waals surface area contributed by atoms with Gasteiger partial charge in [0.05, 0.1) is 19.6 Å². The number of nitrogens with zero attached hydrogens (tertiary/aromatic N) is 2. The maximum absolute atomic E-state index is 8.71. The Labute approximate surface area is 109 Å². The number of ether oxygens (including phenoxy) is 1. The first-order valence-electron chi connectivity index (χ1n) is 6.20. The second-order valence-electron chi connectivity index (χ2n) is 4.17. The van der Waals surface area contributed by atoms with Gasteiger partial charge in [-0.1, -0.05) is 6.07 Å². The van der Waals surface area contributed by atoms with Crippen molar-refractivity contribution in [2.75, 3.05) is 25.1 Å². The van der Waals surface area contributed by atoms with E-state index in [0.717, 1.165) is 23.5 Å². The molecule has 0 saturated carbocycles. The molecule has 0 bridgehead atoms. The highest BCUT2D eigenvalue weighted by Crippen LogP contribution is 2.33. The number of benzene rings is 1. The monoisotopic (exact) mass is 247 g/mol. The van der Waals surface area contributed by atoms with E-state index >= 15 is 0 Å². The lowest BCUT2D eigenvalue weighted by Gasteiger charge is -2.27. The van der Waals surface area contributed by atoms with Crippen molar-refractivity contribution in [3.05, 3.63) is 23.8 Å². The summed E-state index contributed by atoms with van der Waals surface area (Å²) >= 11 is 0. The quantitative estimate of drug-likeness (QED) is 0.838. The summed E-state index contributed by atoms with van der Waals surface area (Å²) in [6, 6.07) is 7.97. The molecule has 0 saturated heterocycles. The van der Waals surface area contributed by atoms with Crippen molar-refractivity contribution in [2.45, 2.75) is 26.3 Å². The van der Waals surface area contributed by atoms with Gasteiger partial charge in [-0.3, -0.25) is 0 Å². The summed E-state index contributed by atoms with van der Waals surface area (Å²) in [5.74, 6) is 0.804. The zero-order chi connectivity index (χ0) is 13.5. The Morgan fingerprint density at radius 2 is 2.22 bits per heavy atom. The molecule has 0 aliphatic rings. The van der Waals surface area contributed by atoms with Crippen LogP contribution in [0.25, 0.3) is 0 Å². The van der Waals surface area contributed by atoms with E-state index in [4.69, 9.17) is 15.7 Å². The van der Waals surface area contributed by atoms with Crippen LogP contribution in [-0.2, 0) is 0 Å². The number of rotatable bonds is 6. The smallest absolute Gasteiger partial charge is 0.125 e. The van der Waals surface area contributed by atoms with E-state index < -0.39 is 0 Å². The van der Waals surface area contributed by atoms with Crippen LogP contribution in [0.5, 0.6) is 5.75 Å². The lowest BCUT2D eigenvalue weighted by Crippen LogP contribution is -2.26. The molecule has 2 N–H and O–H groups in total. The SMILES string of the molecule is CCN(CCC#N)c1cccc(OC)c1[C@@H](C)N. The normalized spacial score (nSPS) is 11.7. The van der Waals surface area contributed by atoms with Gasteiger partial charge in [0, 0.05) is 30.4 Å². The van der Waals surface area contributed by atoms with Gasteiger partial charge in [-0.25, -0.2) is 0 Å². The van der Waals surface area contributed by atoms with Crippen molar-refractivity contribution >= 4 is 5.69 Å².